The van der Waals surface area contributed by atoms with Crippen LogP contribution in [0.15, 0.2) is 61.2 Å². The molecule has 0 saturated heterocycles. The van der Waals surface area contributed by atoms with Crippen molar-refractivity contribution in [3.63, 3.8) is 0 Å². The third-order valence-corrected chi connectivity index (χ3v) is 2.73. The standard InChI is InChI=1S/C16H19FO2/c1-4-8-13(5-2)12(3)19-16(18)11-14-9-6-7-10-15(14)17/h4-10,12,16,18H,1-2,11H2,3H3/b13-8+. The minimum atomic E-state index is -1.07. The van der Waals surface area contributed by atoms with Crippen LogP contribution >= 0.6 is 0 Å². The highest BCUT2D eigenvalue weighted by atomic mass is 19.1. The van der Waals surface area contributed by atoms with Crippen molar-refractivity contribution < 1.29 is 14.2 Å². The van der Waals surface area contributed by atoms with E-state index in [0.717, 1.165) is 5.57 Å². The molecule has 2 atom stereocenters. The molecule has 0 saturated carbocycles. The second-order valence-electron chi connectivity index (χ2n) is 4.13. The van der Waals surface area contributed by atoms with Crippen LogP contribution in [0.4, 0.5) is 4.39 Å². The summed E-state index contributed by atoms with van der Waals surface area (Å²) in [6.07, 6.45) is 3.73. The summed E-state index contributed by atoms with van der Waals surface area (Å²) >= 11 is 0. The van der Waals surface area contributed by atoms with Crippen LogP contribution in [0.3, 0.4) is 0 Å². The Hall–Kier alpha value is -1.71. The van der Waals surface area contributed by atoms with Gasteiger partial charge < -0.3 is 9.84 Å². The maximum atomic E-state index is 13.4. The van der Waals surface area contributed by atoms with Gasteiger partial charge in [0.2, 0.25) is 0 Å². The molecule has 3 heteroatoms. The van der Waals surface area contributed by atoms with Crippen molar-refractivity contribution in [2.24, 2.45) is 0 Å². The number of allylic oxidation sites excluding steroid dienone is 2. The Morgan fingerprint density at radius 1 is 1.42 bits per heavy atom. The normalized spacial score (nSPS) is 14.8. The van der Waals surface area contributed by atoms with Crippen molar-refractivity contribution in [1.29, 1.82) is 0 Å². The van der Waals surface area contributed by atoms with E-state index in [0.29, 0.717) is 5.56 Å². The predicted molar refractivity (Wildman–Crippen MR) is 75.1 cm³/mol. The molecule has 0 aliphatic carbocycles. The first-order valence-corrected chi connectivity index (χ1v) is 6.10. The number of benzene rings is 1. The van der Waals surface area contributed by atoms with Gasteiger partial charge in [0, 0.05) is 6.42 Å². The van der Waals surface area contributed by atoms with Gasteiger partial charge in [-0.05, 0) is 24.1 Å². The minimum absolute atomic E-state index is 0.107. The molecule has 0 aliphatic rings. The van der Waals surface area contributed by atoms with Crippen LogP contribution in [-0.2, 0) is 11.2 Å². The van der Waals surface area contributed by atoms with E-state index in [1.807, 2.05) is 0 Å². The summed E-state index contributed by atoms with van der Waals surface area (Å²) in [6.45, 7) is 9.06. The molecule has 102 valence electrons. The van der Waals surface area contributed by atoms with E-state index >= 15 is 0 Å². The third-order valence-electron chi connectivity index (χ3n) is 2.73. The molecule has 0 spiro atoms. The highest BCUT2D eigenvalue weighted by Gasteiger charge is 2.14. The van der Waals surface area contributed by atoms with Crippen LogP contribution < -0.4 is 0 Å². The van der Waals surface area contributed by atoms with E-state index in [-0.39, 0.29) is 18.3 Å². The Morgan fingerprint density at radius 2 is 2.11 bits per heavy atom. The molecule has 1 rings (SSSR count). The van der Waals surface area contributed by atoms with Crippen molar-refractivity contribution in [2.75, 3.05) is 0 Å². The molecule has 0 aliphatic heterocycles. The maximum Gasteiger partial charge on any atom is 0.159 e. The fraction of sp³-hybridized carbons (Fsp3) is 0.250. The first-order valence-electron chi connectivity index (χ1n) is 6.10. The minimum Gasteiger partial charge on any atom is -0.368 e. The summed E-state index contributed by atoms with van der Waals surface area (Å²) in [6, 6.07) is 6.32. The highest BCUT2D eigenvalue weighted by molar-refractivity contribution is 5.24. The van der Waals surface area contributed by atoms with Crippen molar-refractivity contribution in [3.8, 4) is 0 Å². The number of hydrogen-bond acceptors (Lipinski definition) is 2. The zero-order valence-corrected chi connectivity index (χ0v) is 11.1. The van der Waals surface area contributed by atoms with Gasteiger partial charge in [-0.3, -0.25) is 0 Å². The van der Waals surface area contributed by atoms with E-state index in [9.17, 15) is 9.50 Å². The molecule has 0 heterocycles. The molecule has 1 N–H and O–H groups in total. The van der Waals surface area contributed by atoms with Crippen LogP contribution in [0.2, 0.25) is 0 Å². The van der Waals surface area contributed by atoms with E-state index in [4.69, 9.17) is 4.74 Å². The molecule has 1 aromatic rings. The zero-order chi connectivity index (χ0) is 14.3. The van der Waals surface area contributed by atoms with Gasteiger partial charge in [0.1, 0.15) is 5.82 Å². The lowest BCUT2D eigenvalue weighted by Crippen LogP contribution is -2.23. The summed E-state index contributed by atoms with van der Waals surface area (Å²) in [5, 5.41) is 9.83. The lowest BCUT2D eigenvalue weighted by atomic mass is 10.1. The SMILES string of the molecule is C=C/C=C(\C=C)C(C)OC(O)Cc1ccccc1F. The fourth-order valence-electron chi connectivity index (χ4n) is 1.72. The van der Waals surface area contributed by atoms with Gasteiger partial charge in [0.05, 0.1) is 6.10 Å². The largest absolute Gasteiger partial charge is 0.368 e. The number of ether oxygens (including phenoxy) is 1. The molecule has 0 amide bonds. The van der Waals surface area contributed by atoms with Crippen LogP contribution in [-0.4, -0.2) is 17.5 Å². The first-order chi connectivity index (χ1) is 9.08. The number of rotatable bonds is 7. The monoisotopic (exact) mass is 262 g/mol. The molecule has 0 bridgehead atoms. The van der Waals surface area contributed by atoms with E-state index in [2.05, 4.69) is 13.2 Å². The molecular formula is C16H19FO2. The van der Waals surface area contributed by atoms with E-state index in [1.54, 1.807) is 43.4 Å². The van der Waals surface area contributed by atoms with E-state index in [1.165, 1.54) is 6.07 Å². The molecule has 19 heavy (non-hydrogen) atoms. The molecule has 1 aromatic carbocycles. The fourth-order valence-corrected chi connectivity index (χ4v) is 1.72. The summed E-state index contributed by atoms with van der Waals surface area (Å²) < 4.78 is 18.8. The Balaban J connectivity index is 2.63. The lowest BCUT2D eigenvalue weighted by Gasteiger charge is -2.19. The number of aliphatic hydroxyl groups excluding tert-OH is 1. The Bertz CT molecular complexity index is 466. The lowest BCUT2D eigenvalue weighted by molar-refractivity contribution is -0.118. The van der Waals surface area contributed by atoms with Gasteiger partial charge in [0.15, 0.2) is 6.29 Å². The van der Waals surface area contributed by atoms with Gasteiger partial charge in [-0.1, -0.05) is 49.6 Å². The number of hydrogen-bond donors (Lipinski definition) is 1. The van der Waals surface area contributed by atoms with Crippen molar-refractivity contribution >= 4 is 0 Å². The van der Waals surface area contributed by atoms with Crippen molar-refractivity contribution in [3.05, 3.63) is 72.6 Å². The highest BCUT2D eigenvalue weighted by Crippen LogP contribution is 2.14. The van der Waals surface area contributed by atoms with Gasteiger partial charge in [-0.25, -0.2) is 4.39 Å². The van der Waals surface area contributed by atoms with Gasteiger partial charge in [-0.2, -0.15) is 0 Å². The second-order valence-corrected chi connectivity index (χ2v) is 4.13. The summed E-state index contributed by atoms with van der Waals surface area (Å²) in [7, 11) is 0. The van der Waals surface area contributed by atoms with Gasteiger partial charge in [-0.15, -0.1) is 0 Å². The number of halogens is 1. The number of aliphatic hydroxyl groups is 1. The smallest absolute Gasteiger partial charge is 0.159 e. The summed E-state index contributed by atoms with van der Waals surface area (Å²) in [4.78, 5) is 0. The molecular weight excluding hydrogens is 243 g/mol. The third kappa shape index (κ3) is 4.81. The summed E-state index contributed by atoms with van der Waals surface area (Å²) in [5.74, 6) is -0.344. The Kier molecular flexibility index (Phi) is 6.19. The van der Waals surface area contributed by atoms with E-state index < -0.39 is 6.29 Å². The van der Waals surface area contributed by atoms with Crippen molar-refractivity contribution in [2.45, 2.75) is 25.7 Å². The van der Waals surface area contributed by atoms with Crippen LogP contribution in [0, 0.1) is 5.82 Å². The van der Waals surface area contributed by atoms with Crippen LogP contribution in [0.1, 0.15) is 12.5 Å². The molecule has 2 unspecified atom stereocenters. The first kappa shape index (κ1) is 15.3. The Labute approximate surface area is 113 Å². The molecule has 0 aromatic heterocycles. The molecule has 0 fully saturated rings. The van der Waals surface area contributed by atoms with Gasteiger partial charge in [0.25, 0.3) is 0 Å². The molecule has 2 nitrogen and oxygen atoms in total. The molecule has 0 radical (unpaired) electrons. The van der Waals surface area contributed by atoms with Gasteiger partial charge >= 0.3 is 0 Å². The predicted octanol–water partition coefficient (Wildman–Crippen LogP) is 3.39. The Morgan fingerprint density at radius 3 is 2.68 bits per heavy atom. The van der Waals surface area contributed by atoms with Crippen molar-refractivity contribution in [1.82, 2.24) is 0 Å². The second kappa shape index (κ2) is 7.67. The average molecular weight is 262 g/mol. The average Bonchev–Trinajstić information content (AvgIpc) is 2.38. The topological polar surface area (TPSA) is 29.5 Å². The quantitative estimate of drug-likeness (QED) is 0.603. The van der Waals surface area contributed by atoms with Crippen LogP contribution in [0.5, 0.6) is 0 Å². The summed E-state index contributed by atoms with van der Waals surface area (Å²) in [5.41, 5.74) is 1.23. The maximum absolute atomic E-state index is 13.4. The van der Waals surface area contributed by atoms with Crippen LogP contribution in [0.25, 0.3) is 0 Å². The zero-order valence-electron chi connectivity index (χ0n) is 11.1.